The summed E-state index contributed by atoms with van der Waals surface area (Å²) >= 11 is 2.01. The molecule has 2 heterocycles. The molecule has 2 aliphatic heterocycles. The maximum atomic E-state index is 3.51. The monoisotopic (exact) mass is 243 g/mol. The minimum absolute atomic E-state index is 0.726. The van der Waals surface area contributed by atoms with Crippen molar-refractivity contribution in [2.75, 3.05) is 46.5 Å². The lowest BCUT2D eigenvalue weighted by atomic mass is 10.1. The summed E-state index contributed by atoms with van der Waals surface area (Å²) in [7, 11) is 4.57. The molecule has 4 heteroatoms. The van der Waals surface area contributed by atoms with Crippen molar-refractivity contribution in [3.05, 3.63) is 0 Å². The van der Waals surface area contributed by atoms with Crippen LogP contribution in [0.2, 0.25) is 0 Å². The van der Waals surface area contributed by atoms with E-state index in [-0.39, 0.29) is 0 Å². The largest absolute Gasteiger partial charge is 0.314 e. The zero-order valence-electron chi connectivity index (χ0n) is 10.8. The average Bonchev–Trinajstić information content (AvgIpc) is 2.87. The first-order valence-corrected chi connectivity index (χ1v) is 7.65. The molecule has 94 valence electrons. The fraction of sp³-hybridized carbons (Fsp3) is 1.00. The molecule has 2 rings (SSSR count). The number of likely N-dealkylation sites (tertiary alicyclic amines) is 1. The summed E-state index contributed by atoms with van der Waals surface area (Å²) in [5.41, 5.74) is 0. The van der Waals surface area contributed by atoms with Crippen LogP contribution in [0.1, 0.15) is 12.8 Å². The molecular weight excluding hydrogens is 218 g/mol. The smallest absolute Gasteiger partial charge is 0.0349 e. The van der Waals surface area contributed by atoms with Gasteiger partial charge in [-0.2, -0.15) is 11.8 Å². The summed E-state index contributed by atoms with van der Waals surface area (Å²) in [6.45, 7) is 4.86. The zero-order valence-corrected chi connectivity index (χ0v) is 11.6. The Balaban J connectivity index is 1.84. The summed E-state index contributed by atoms with van der Waals surface area (Å²) in [6.07, 6.45) is 5.00. The van der Waals surface area contributed by atoms with E-state index in [9.17, 15) is 0 Å². The van der Waals surface area contributed by atoms with Crippen LogP contribution < -0.4 is 5.32 Å². The van der Waals surface area contributed by atoms with Crippen LogP contribution in [0.25, 0.3) is 0 Å². The molecule has 0 saturated carbocycles. The minimum atomic E-state index is 0.726. The second-order valence-corrected chi connectivity index (χ2v) is 6.29. The van der Waals surface area contributed by atoms with Crippen molar-refractivity contribution < 1.29 is 0 Å². The number of likely N-dealkylation sites (N-methyl/N-ethyl adjacent to an activating group) is 2. The van der Waals surface area contributed by atoms with Crippen molar-refractivity contribution >= 4 is 11.8 Å². The van der Waals surface area contributed by atoms with E-state index in [1.807, 2.05) is 11.8 Å². The predicted octanol–water partition coefficient (Wildman–Crippen LogP) is 0.716. The third-order valence-corrected chi connectivity index (χ3v) is 5.25. The molecule has 3 atom stereocenters. The molecular formula is C12H25N3S. The Morgan fingerprint density at radius 1 is 1.44 bits per heavy atom. The van der Waals surface area contributed by atoms with Gasteiger partial charge in [-0.15, -0.1) is 0 Å². The fourth-order valence-electron chi connectivity index (χ4n) is 3.00. The number of rotatable bonds is 4. The molecule has 0 aliphatic carbocycles. The normalized spacial score (nSPS) is 36.4. The first-order chi connectivity index (χ1) is 7.72. The number of hydrogen-bond acceptors (Lipinski definition) is 4. The van der Waals surface area contributed by atoms with Gasteiger partial charge in [-0.1, -0.05) is 0 Å². The van der Waals surface area contributed by atoms with E-state index in [0.29, 0.717) is 0 Å². The van der Waals surface area contributed by atoms with Gasteiger partial charge < -0.3 is 10.2 Å². The second-order valence-electron chi connectivity index (χ2n) is 5.22. The topological polar surface area (TPSA) is 18.5 Å². The van der Waals surface area contributed by atoms with Crippen LogP contribution in [0, 0.1) is 0 Å². The van der Waals surface area contributed by atoms with Crippen molar-refractivity contribution in [3.8, 4) is 0 Å². The van der Waals surface area contributed by atoms with Crippen LogP contribution in [0.15, 0.2) is 0 Å². The molecule has 0 spiro atoms. The molecule has 2 aliphatic rings. The molecule has 2 saturated heterocycles. The Morgan fingerprint density at radius 2 is 2.25 bits per heavy atom. The molecule has 1 N–H and O–H groups in total. The molecule has 16 heavy (non-hydrogen) atoms. The Kier molecular flexibility index (Phi) is 4.53. The lowest BCUT2D eigenvalue weighted by Gasteiger charge is -2.32. The third-order valence-electron chi connectivity index (χ3n) is 4.17. The summed E-state index contributed by atoms with van der Waals surface area (Å²) in [6, 6.07) is 1.51. The second kappa shape index (κ2) is 5.71. The summed E-state index contributed by atoms with van der Waals surface area (Å²) < 4.78 is 0. The van der Waals surface area contributed by atoms with Crippen molar-refractivity contribution in [2.24, 2.45) is 0 Å². The molecule has 0 bridgehead atoms. The Hall–Kier alpha value is 0.230. The van der Waals surface area contributed by atoms with Crippen LogP contribution >= 0.6 is 11.8 Å². The molecule has 3 nitrogen and oxygen atoms in total. The van der Waals surface area contributed by atoms with Gasteiger partial charge in [-0.05, 0) is 39.7 Å². The first kappa shape index (κ1) is 12.7. The van der Waals surface area contributed by atoms with Crippen molar-refractivity contribution in [1.82, 2.24) is 15.1 Å². The first-order valence-electron chi connectivity index (χ1n) is 6.36. The molecule has 2 fully saturated rings. The van der Waals surface area contributed by atoms with Gasteiger partial charge in [0.2, 0.25) is 0 Å². The van der Waals surface area contributed by atoms with Crippen molar-refractivity contribution in [2.45, 2.75) is 30.2 Å². The zero-order chi connectivity index (χ0) is 11.5. The molecule has 3 unspecified atom stereocenters. The van der Waals surface area contributed by atoms with E-state index in [1.165, 1.54) is 39.0 Å². The number of nitrogens with zero attached hydrogens (tertiary/aromatic N) is 2. The highest BCUT2D eigenvalue weighted by Crippen LogP contribution is 2.22. The molecule has 0 aromatic rings. The van der Waals surface area contributed by atoms with E-state index in [0.717, 1.165) is 17.3 Å². The number of thioether (sulfide) groups is 1. The van der Waals surface area contributed by atoms with Crippen LogP contribution in [0.3, 0.4) is 0 Å². The Morgan fingerprint density at radius 3 is 2.88 bits per heavy atom. The Bertz CT molecular complexity index is 224. The molecule has 0 radical (unpaired) electrons. The lowest BCUT2D eigenvalue weighted by Crippen LogP contribution is -2.45. The average molecular weight is 243 g/mol. The molecule has 0 aromatic carbocycles. The maximum absolute atomic E-state index is 3.51. The van der Waals surface area contributed by atoms with Gasteiger partial charge in [0, 0.05) is 37.0 Å². The van der Waals surface area contributed by atoms with Gasteiger partial charge in [0.15, 0.2) is 0 Å². The van der Waals surface area contributed by atoms with E-state index >= 15 is 0 Å². The lowest BCUT2D eigenvalue weighted by molar-refractivity contribution is 0.186. The van der Waals surface area contributed by atoms with Gasteiger partial charge in [-0.3, -0.25) is 4.90 Å². The van der Waals surface area contributed by atoms with Crippen LogP contribution in [0.5, 0.6) is 0 Å². The number of nitrogens with one attached hydrogen (secondary N) is 1. The highest BCUT2D eigenvalue weighted by Gasteiger charge is 2.32. The van der Waals surface area contributed by atoms with Gasteiger partial charge in [-0.25, -0.2) is 0 Å². The van der Waals surface area contributed by atoms with Gasteiger partial charge in [0.05, 0.1) is 0 Å². The molecule has 0 amide bonds. The highest BCUT2D eigenvalue weighted by atomic mass is 32.2. The van der Waals surface area contributed by atoms with E-state index < -0.39 is 0 Å². The number of hydrogen-bond donors (Lipinski definition) is 1. The van der Waals surface area contributed by atoms with Crippen LogP contribution in [0.4, 0.5) is 0 Å². The predicted molar refractivity (Wildman–Crippen MR) is 72.2 cm³/mol. The molecule has 0 aromatic heterocycles. The van der Waals surface area contributed by atoms with E-state index in [1.54, 1.807) is 0 Å². The van der Waals surface area contributed by atoms with E-state index in [4.69, 9.17) is 0 Å². The Labute approximate surface area is 104 Å². The van der Waals surface area contributed by atoms with Gasteiger partial charge in [0.1, 0.15) is 0 Å². The third kappa shape index (κ3) is 2.73. The fourth-order valence-corrected chi connectivity index (χ4v) is 3.90. The SMILES string of the molecule is CSC1CNCC1N(C)CC1CCCN1C. The summed E-state index contributed by atoms with van der Waals surface area (Å²) in [4.78, 5) is 5.10. The van der Waals surface area contributed by atoms with Crippen LogP contribution in [-0.4, -0.2) is 73.7 Å². The summed E-state index contributed by atoms with van der Waals surface area (Å²) in [5.74, 6) is 0. The van der Waals surface area contributed by atoms with Gasteiger partial charge in [0.25, 0.3) is 0 Å². The highest BCUT2D eigenvalue weighted by molar-refractivity contribution is 7.99. The van der Waals surface area contributed by atoms with E-state index in [2.05, 4.69) is 35.5 Å². The maximum Gasteiger partial charge on any atom is 0.0349 e. The quantitative estimate of drug-likeness (QED) is 0.784. The van der Waals surface area contributed by atoms with Gasteiger partial charge >= 0.3 is 0 Å². The minimum Gasteiger partial charge on any atom is -0.314 e. The van der Waals surface area contributed by atoms with Crippen molar-refractivity contribution in [1.29, 1.82) is 0 Å². The van der Waals surface area contributed by atoms with Crippen LogP contribution in [-0.2, 0) is 0 Å². The van der Waals surface area contributed by atoms with Crippen molar-refractivity contribution in [3.63, 3.8) is 0 Å². The standard InChI is InChI=1S/C12H25N3S/c1-14-6-4-5-10(14)9-15(2)11-7-13-8-12(11)16-3/h10-13H,4-9H2,1-3H3. The summed E-state index contributed by atoms with van der Waals surface area (Å²) in [5, 5.41) is 4.29.